The number of para-hydroxylation sites is 2. The Balaban J connectivity index is 1.04. The number of benzene rings is 8. The maximum Gasteiger partial charge on any atom is 0.235 e. The van der Waals surface area contributed by atoms with E-state index in [1.807, 2.05) is 18.2 Å². The minimum atomic E-state index is -0.258. The van der Waals surface area contributed by atoms with Gasteiger partial charge in [-0.25, -0.2) is 15.0 Å². The van der Waals surface area contributed by atoms with Crippen molar-refractivity contribution < 1.29 is 0 Å². The summed E-state index contributed by atoms with van der Waals surface area (Å²) in [6, 6.07) is 74.6. The van der Waals surface area contributed by atoms with Crippen LogP contribution in [0.15, 0.2) is 223 Å². The van der Waals surface area contributed by atoms with Gasteiger partial charge in [0.25, 0.3) is 0 Å². The molecule has 1 N–H and O–H groups in total. The maximum atomic E-state index is 5.41. The van der Waals surface area contributed by atoms with Gasteiger partial charge in [-0.15, -0.1) is 0 Å². The lowest BCUT2D eigenvalue weighted by atomic mass is 10.0. The summed E-state index contributed by atoms with van der Waals surface area (Å²) in [7, 11) is 0. The van der Waals surface area contributed by atoms with Crippen molar-refractivity contribution in [1.29, 1.82) is 0 Å². The van der Waals surface area contributed by atoms with Crippen LogP contribution in [-0.4, -0.2) is 24.9 Å². The highest BCUT2D eigenvalue weighted by molar-refractivity contribution is 6.18. The lowest BCUT2D eigenvalue weighted by molar-refractivity contribution is 0.660. The Morgan fingerprint density at radius 2 is 0.871 bits per heavy atom. The highest BCUT2D eigenvalue weighted by Gasteiger charge is 2.23. The van der Waals surface area contributed by atoms with Gasteiger partial charge in [0, 0.05) is 44.4 Å². The lowest BCUT2D eigenvalue weighted by Gasteiger charge is -2.25. The van der Waals surface area contributed by atoms with Crippen LogP contribution in [0.4, 0.5) is 0 Å². The monoisotopic (exact) mass is 794 g/mol. The van der Waals surface area contributed by atoms with Crippen molar-refractivity contribution in [1.82, 2.24) is 24.4 Å². The molecule has 8 aromatic carbocycles. The molecule has 0 aliphatic carbocycles. The van der Waals surface area contributed by atoms with E-state index in [1.54, 1.807) is 0 Å². The van der Waals surface area contributed by atoms with Gasteiger partial charge in [-0.2, -0.15) is 0 Å². The molecule has 4 heterocycles. The van der Waals surface area contributed by atoms with Crippen LogP contribution in [0.3, 0.4) is 0 Å². The van der Waals surface area contributed by atoms with E-state index in [-0.39, 0.29) is 6.17 Å². The van der Waals surface area contributed by atoms with Crippen molar-refractivity contribution in [3.63, 3.8) is 0 Å². The van der Waals surface area contributed by atoms with Gasteiger partial charge in [0.15, 0.2) is 0 Å². The van der Waals surface area contributed by atoms with E-state index >= 15 is 0 Å². The van der Waals surface area contributed by atoms with Crippen molar-refractivity contribution >= 4 is 55.1 Å². The largest absolute Gasteiger partial charge is 0.359 e. The molecule has 0 spiro atoms. The predicted molar refractivity (Wildman–Crippen MR) is 255 cm³/mol. The van der Waals surface area contributed by atoms with Crippen LogP contribution in [0.2, 0.25) is 0 Å². The normalized spacial score (nSPS) is 14.0. The van der Waals surface area contributed by atoms with E-state index in [0.29, 0.717) is 5.95 Å². The van der Waals surface area contributed by atoms with Crippen molar-refractivity contribution in [3.8, 4) is 39.6 Å². The Morgan fingerprint density at radius 1 is 0.371 bits per heavy atom. The summed E-state index contributed by atoms with van der Waals surface area (Å²) in [5.74, 6) is 1.51. The summed E-state index contributed by atoms with van der Waals surface area (Å²) in [6.07, 6.45) is 1.93. The van der Waals surface area contributed by atoms with Gasteiger partial charge in [-0.3, -0.25) is 9.13 Å². The summed E-state index contributed by atoms with van der Waals surface area (Å²) in [4.78, 5) is 15.9. The topological polar surface area (TPSA) is 60.0 Å². The summed E-state index contributed by atoms with van der Waals surface area (Å²) >= 11 is 0. The molecule has 0 saturated carbocycles. The molecule has 0 saturated heterocycles. The van der Waals surface area contributed by atoms with Gasteiger partial charge in [0.05, 0.1) is 33.5 Å². The van der Waals surface area contributed by atoms with E-state index in [9.17, 15) is 0 Å². The molecule has 0 radical (unpaired) electrons. The second kappa shape index (κ2) is 14.7. The highest BCUT2D eigenvalue weighted by Crippen LogP contribution is 2.38. The van der Waals surface area contributed by atoms with E-state index in [2.05, 4.69) is 215 Å². The molecule has 0 amide bonds. The molecule has 11 aromatic rings. The number of aliphatic imine (C=N–C) groups is 1. The zero-order valence-corrected chi connectivity index (χ0v) is 33.6. The van der Waals surface area contributed by atoms with E-state index < -0.39 is 0 Å². The fraction of sp³-hybridized carbons (Fsp3) is 0.0179. The number of rotatable bonds is 6. The molecule has 292 valence electrons. The molecular weight excluding hydrogens is 757 g/mol. The first-order valence-corrected chi connectivity index (χ1v) is 21.0. The predicted octanol–water partition coefficient (Wildman–Crippen LogP) is 13.3. The summed E-state index contributed by atoms with van der Waals surface area (Å²) < 4.78 is 4.54. The van der Waals surface area contributed by atoms with Crippen molar-refractivity contribution in [3.05, 3.63) is 230 Å². The molecule has 0 fully saturated rings. The zero-order chi connectivity index (χ0) is 41.0. The van der Waals surface area contributed by atoms with Crippen LogP contribution in [-0.2, 0) is 0 Å². The Hall–Kier alpha value is -8.35. The number of nitrogens with zero attached hydrogens (tertiary/aromatic N) is 5. The Labute approximate surface area is 358 Å². The smallest absolute Gasteiger partial charge is 0.235 e. The maximum absolute atomic E-state index is 5.41. The molecule has 62 heavy (non-hydrogen) atoms. The number of allylic oxidation sites excluding steroid dienone is 1. The number of hydrogen-bond donors (Lipinski definition) is 1. The quantitative estimate of drug-likeness (QED) is 0.182. The van der Waals surface area contributed by atoms with Crippen LogP contribution >= 0.6 is 0 Å². The molecule has 1 unspecified atom stereocenters. The first-order chi connectivity index (χ1) is 30.7. The Morgan fingerprint density at radius 3 is 1.53 bits per heavy atom. The first kappa shape index (κ1) is 35.6. The molecule has 0 bridgehead atoms. The third-order valence-electron chi connectivity index (χ3n) is 12.0. The van der Waals surface area contributed by atoms with Gasteiger partial charge in [0.2, 0.25) is 5.95 Å². The van der Waals surface area contributed by atoms with Gasteiger partial charge in [0.1, 0.15) is 12.0 Å². The summed E-state index contributed by atoms with van der Waals surface area (Å²) in [5.41, 5.74) is 13.6. The van der Waals surface area contributed by atoms with Crippen LogP contribution in [0, 0.1) is 0 Å². The molecule has 1 atom stereocenters. The van der Waals surface area contributed by atoms with E-state index in [4.69, 9.17) is 15.0 Å². The van der Waals surface area contributed by atoms with Crippen LogP contribution in [0.25, 0.3) is 88.9 Å². The van der Waals surface area contributed by atoms with Gasteiger partial charge >= 0.3 is 0 Å². The van der Waals surface area contributed by atoms with Gasteiger partial charge in [-0.05, 0) is 58.7 Å². The second-order valence-electron chi connectivity index (χ2n) is 15.7. The molecule has 1 aliphatic rings. The highest BCUT2D eigenvalue weighted by atomic mass is 15.2. The Kier molecular flexibility index (Phi) is 8.45. The average molecular weight is 795 g/mol. The minimum Gasteiger partial charge on any atom is -0.359 e. The second-order valence-corrected chi connectivity index (χ2v) is 15.7. The van der Waals surface area contributed by atoms with Crippen molar-refractivity contribution in [2.75, 3.05) is 0 Å². The molecule has 6 heteroatoms. The minimum absolute atomic E-state index is 0.258. The van der Waals surface area contributed by atoms with E-state index in [1.165, 1.54) is 10.8 Å². The fourth-order valence-electron chi connectivity index (χ4n) is 9.03. The third-order valence-corrected chi connectivity index (χ3v) is 12.0. The summed E-state index contributed by atoms with van der Waals surface area (Å²) in [5, 5.41) is 8.37. The van der Waals surface area contributed by atoms with Crippen LogP contribution < -0.4 is 5.32 Å². The number of hydrogen-bond acceptors (Lipinski definition) is 4. The molecule has 6 nitrogen and oxygen atoms in total. The van der Waals surface area contributed by atoms with E-state index in [0.717, 1.165) is 89.1 Å². The molecule has 1 aliphatic heterocycles. The van der Waals surface area contributed by atoms with Gasteiger partial charge in [-0.1, -0.05) is 176 Å². The zero-order valence-electron chi connectivity index (χ0n) is 33.6. The number of aromatic nitrogens is 4. The van der Waals surface area contributed by atoms with Gasteiger partial charge < -0.3 is 5.32 Å². The molecular formula is C56H38N6. The number of nitrogens with one attached hydrogen (secondary N) is 1. The van der Waals surface area contributed by atoms with Crippen LogP contribution in [0.1, 0.15) is 17.3 Å². The third kappa shape index (κ3) is 6.08. The standard InChI is InChI=1S/C56H38N6/c1-5-17-37(18-6-1)47-35-48(38-19-7-2-8-20-38)59-56(58-47)62-51-28-16-14-26-44(51)46-33-41(30-32-52(46)62)42-29-31-45-43-25-13-15-27-50(43)61(53(45)34-42)54-36-49(39-21-9-3-10-22-39)57-55(60-54)40-23-11-4-12-24-40/h1-36,55,57H. The SMILES string of the molecule is C1=C(c2ccccc2)NC(c2ccccc2)N=C1n1c2ccccc2c2ccc(-c3ccc4c(c3)c3ccccc3n4-c3nc(-c4ccccc4)cc(-c4ccccc4)n3)cc21. The number of fused-ring (bicyclic) bond motifs is 6. The Bertz CT molecular complexity index is 3470. The van der Waals surface area contributed by atoms with Crippen molar-refractivity contribution in [2.24, 2.45) is 4.99 Å². The van der Waals surface area contributed by atoms with Crippen molar-refractivity contribution in [2.45, 2.75) is 6.17 Å². The fourth-order valence-corrected chi connectivity index (χ4v) is 9.03. The molecule has 12 rings (SSSR count). The lowest BCUT2D eigenvalue weighted by Crippen LogP contribution is -2.27. The van der Waals surface area contributed by atoms with Crippen LogP contribution in [0.5, 0.6) is 0 Å². The molecule has 3 aromatic heterocycles. The summed E-state index contributed by atoms with van der Waals surface area (Å²) in [6.45, 7) is 0. The first-order valence-electron chi connectivity index (χ1n) is 21.0. The average Bonchev–Trinajstić information content (AvgIpc) is 3.87.